The van der Waals surface area contributed by atoms with E-state index >= 15 is 0 Å². The van der Waals surface area contributed by atoms with Crippen molar-refractivity contribution in [1.29, 1.82) is 0 Å². The summed E-state index contributed by atoms with van der Waals surface area (Å²) in [6.45, 7) is 0.00396. The van der Waals surface area contributed by atoms with Crippen LogP contribution in [0.1, 0.15) is 0 Å². The molecule has 0 atom stereocenters. The van der Waals surface area contributed by atoms with Gasteiger partial charge in [0, 0.05) is 55.4 Å². The Morgan fingerprint density at radius 1 is 0.333 bits per heavy atom. The molecular weight excluding hydrogens is 767 g/mol. The van der Waals surface area contributed by atoms with E-state index in [-0.39, 0.29) is 6.71 Å². The maximum Gasteiger partial charge on any atom is 0.252 e. The number of fused-ring (bicyclic) bond motifs is 10. The summed E-state index contributed by atoms with van der Waals surface area (Å²) < 4.78 is 9.69. The first kappa shape index (κ1) is 33.3. The van der Waals surface area contributed by atoms with E-state index in [1.54, 1.807) is 0 Å². The largest absolute Gasteiger partial charge is 0.309 e. The standard InChI is InChI=1S/C56H33BN6/c1-3-16-34(17-4-1)60-44-28-9-7-20-36(44)50-38(22-11-30-46(50)60)55-58-42-26-13-24-40-53(42)62(55)48-32-15-33-49-52(48)57(40)41-25-14-27-43-54(41)63(49)56(59-43)39-23-12-31-47-51(39)37-21-8-10-29-45(37)61(47)35-18-5-2-6-19-35/h1-33H. The fourth-order valence-corrected chi connectivity index (χ4v) is 11.4. The van der Waals surface area contributed by atoms with E-state index in [0.29, 0.717) is 0 Å². The number of nitrogens with zero attached hydrogens (tertiary/aromatic N) is 6. The number of imidazole rings is 2. The fourth-order valence-electron chi connectivity index (χ4n) is 11.4. The summed E-state index contributed by atoms with van der Waals surface area (Å²) in [7, 11) is 0. The molecule has 6 heterocycles. The molecule has 13 aromatic rings. The number of para-hydroxylation sites is 6. The van der Waals surface area contributed by atoms with Crippen LogP contribution in [0.2, 0.25) is 0 Å². The molecule has 0 saturated carbocycles. The van der Waals surface area contributed by atoms with Crippen LogP contribution < -0.4 is 16.4 Å². The van der Waals surface area contributed by atoms with Crippen molar-refractivity contribution < 1.29 is 0 Å². The Bertz CT molecular complexity index is 3830. The Morgan fingerprint density at radius 2 is 0.746 bits per heavy atom. The lowest BCUT2D eigenvalue weighted by molar-refractivity contribution is 1.08. The molecule has 63 heavy (non-hydrogen) atoms. The van der Waals surface area contributed by atoms with Gasteiger partial charge in [0.15, 0.2) is 0 Å². The molecule has 15 rings (SSSR count). The van der Waals surface area contributed by atoms with Crippen LogP contribution in [0.3, 0.4) is 0 Å². The summed E-state index contributed by atoms with van der Waals surface area (Å²) in [4.78, 5) is 11.2. The van der Waals surface area contributed by atoms with E-state index < -0.39 is 0 Å². The second-order valence-electron chi connectivity index (χ2n) is 16.9. The van der Waals surface area contributed by atoms with Gasteiger partial charge in [-0.25, -0.2) is 9.97 Å². The van der Waals surface area contributed by atoms with Crippen LogP contribution in [0.5, 0.6) is 0 Å². The molecule has 6 nitrogen and oxygen atoms in total. The monoisotopic (exact) mass is 800 g/mol. The van der Waals surface area contributed by atoms with Crippen LogP contribution in [0.15, 0.2) is 200 Å². The number of hydrogen-bond acceptors (Lipinski definition) is 2. The van der Waals surface area contributed by atoms with Crippen molar-refractivity contribution in [2.75, 3.05) is 0 Å². The third-order valence-corrected chi connectivity index (χ3v) is 13.8. The Kier molecular flexibility index (Phi) is 6.41. The lowest BCUT2D eigenvalue weighted by atomic mass is 9.34. The molecule has 0 amide bonds. The van der Waals surface area contributed by atoms with E-state index in [2.05, 4.69) is 218 Å². The molecule has 0 bridgehead atoms. The van der Waals surface area contributed by atoms with E-state index in [9.17, 15) is 0 Å². The molecule has 7 heteroatoms. The highest BCUT2D eigenvalue weighted by Crippen LogP contribution is 2.43. The predicted molar refractivity (Wildman–Crippen MR) is 260 cm³/mol. The molecule has 9 aromatic carbocycles. The molecule has 0 saturated heterocycles. The van der Waals surface area contributed by atoms with Crippen molar-refractivity contribution in [2.24, 2.45) is 0 Å². The van der Waals surface area contributed by atoms with Crippen molar-refractivity contribution in [3.05, 3.63) is 200 Å². The van der Waals surface area contributed by atoms with Crippen molar-refractivity contribution in [3.8, 4) is 45.5 Å². The Labute approximate surface area is 361 Å². The Hall–Kier alpha value is -8.42. The van der Waals surface area contributed by atoms with E-state index in [4.69, 9.17) is 9.97 Å². The number of hydrogen-bond donors (Lipinski definition) is 0. The normalized spacial score (nSPS) is 12.7. The van der Waals surface area contributed by atoms with Gasteiger partial charge in [-0.2, -0.15) is 0 Å². The lowest BCUT2D eigenvalue weighted by Gasteiger charge is -2.33. The van der Waals surface area contributed by atoms with Gasteiger partial charge < -0.3 is 9.13 Å². The van der Waals surface area contributed by atoms with Crippen molar-refractivity contribution >= 4 is 88.8 Å². The zero-order chi connectivity index (χ0) is 40.9. The molecule has 2 aliphatic rings. The highest BCUT2D eigenvalue weighted by molar-refractivity contribution is 7.00. The highest BCUT2D eigenvalue weighted by atomic mass is 15.1. The SMILES string of the molecule is c1ccc(-n2c3ccccc3c3c(-c4nc5cccc6c5n4-c4cccc5c4B6c4cccc6nc(-c7cccc8c7c7ccccc7n8-c7ccccc7)n-5c46)cccc32)cc1. The van der Waals surface area contributed by atoms with Crippen molar-refractivity contribution in [3.63, 3.8) is 0 Å². The smallest absolute Gasteiger partial charge is 0.252 e. The van der Waals surface area contributed by atoms with Gasteiger partial charge in [-0.05, 0) is 89.2 Å². The first-order valence-corrected chi connectivity index (χ1v) is 21.6. The molecule has 4 aromatic heterocycles. The third kappa shape index (κ3) is 4.23. The molecule has 0 fully saturated rings. The van der Waals surface area contributed by atoms with Gasteiger partial charge >= 0.3 is 0 Å². The molecule has 2 aliphatic heterocycles. The van der Waals surface area contributed by atoms with Gasteiger partial charge in [0.2, 0.25) is 0 Å². The summed E-state index contributed by atoms with van der Waals surface area (Å²) in [5.41, 5.74) is 19.6. The first-order valence-electron chi connectivity index (χ1n) is 21.6. The van der Waals surface area contributed by atoms with Crippen molar-refractivity contribution in [2.45, 2.75) is 0 Å². The lowest BCUT2D eigenvalue weighted by Crippen LogP contribution is -2.59. The van der Waals surface area contributed by atoms with Crippen molar-refractivity contribution in [1.82, 2.24) is 28.2 Å². The number of rotatable bonds is 4. The molecule has 0 N–H and O–H groups in total. The molecule has 290 valence electrons. The van der Waals surface area contributed by atoms with Gasteiger partial charge in [0.05, 0.1) is 44.1 Å². The van der Waals surface area contributed by atoms with E-state index in [0.717, 1.165) is 78.6 Å². The minimum Gasteiger partial charge on any atom is -0.309 e. The zero-order valence-electron chi connectivity index (χ0n) is 33.8. The maximum atomic E-state index is 5.58. The van der Waals surface area contributed by atoms with Gasteiger partial charge in [-0.1, -0.05) is 127 Å². The van der Waals surface area contributed by atoms with Gasteiger partial charge in [-0.3, -0.25) is 9.13 Å². The molecular formula is C56H33BN6. The van der Waals surface area contributed by atoms with Crippen LogP contribution in [-0.2, 0) is 0 Å². The van der Waals surface area contributed by atoms with Crippen LogP contribution in [0.25, 0.3) is 111 Å². The minimum absolute atomic E-state index is 0.00396. The quantitative estimate of drug-likeness (QED) is 0.166. The molecule has 0 spiro atoms. The average molecular weight is 801 g/mol. The summed E-state index contributed by atoms with van der Waals surface area (Å²) >= 11 is 0. The molecule has 0 unspecified atom stereocenters. The summed E-state index contributed by atoms with van der Waals surface area (Å²) in [5, 5.41) is 4.81. The van der Waals surface area contributed by atoms with E-state index in [1.807, 2.05) is 0 Å². The van der Waals surface area contributed by atoms with Crippen LogP contribution in [0.4, 0.5) is 0 Å². The minimum atomic E-state index is 0.00396. The van der Waals surface area contributed by atoms with E-state index in [1.165, 1.54) is 49.0 Å². The fraction of sp³-hybridized carbons (Fsp3) is 0. The second-order valence-corrected chi connectivity index (χ2v) is 16.9. The summed E-state index contributed by atoms with van der Waals surface area (Å²) in [6.07, 6.45) is 0. The topological polar surface area (TPSA) is 45.5 Å². The van der Waals surface area contributed by atoms with Gasteiger partial charge in [0.1, 0.15) is 11.6 Å². The van der Waals surface area contributed by atoms with Gasteiger partial charge in [0.25, 0.3) is 6.71 Å². The van der Waals surface area contributed by atoms with Crippen LogP contribution in [-0.4, -0.2) is 34.9 Å². The summed E-state index contributed by atoms with van der Waals surface area (Å²) in [5.74, 6) is 1.89. The summed E-state index contributed by atoms with van der Waals surface area (Å²) in [6, 6.07) is 72.5. The highest BCUT2D eigenvalue weighted by Gasteiger charge is 2.41. The number of benzene rings is 9. The molecule has 0 radical (unpaired) electrons. The Morgan fingerprint density at radius 3 is 1.24 bits per heavy atom. The zero-order valence-corrected chi connectivity index (χ0v) is 33.8. The van der Waals surface area contributed by atoms with Gasteiger partial charge in [-0.15, -0.1) is 0 Å². The van der Waals surface area contributed by atoms with Crippen LogP contribution in [0, 0.1) is 0 Å². The Balaban J connectivity index is 1.03. The maximum absolute atomic E-state index is 5.58. The third-order valence-electron chi connectivity index (χ3n) is 13.8. The number of aromatic nitrogens is 6. The average Bonchev–Trinajstić information content (AvgIpc) is 4.11. The van der Waals surface area contributed by atoms with Crippen LogP contribution >= 0.6 is 0 Å². The molecule has 0 aliphatic carbocycles. The first-order chi connectivity index (χ1) is 31.3. The second kappa shape index (κ2) is 12.1. The predicted octanol–water partition coefficient (Wildman–Crippen LogP) is 11.0.